The second kappa shape index (κ2) is 7.77. The van der Waals surface area contributed by atoms with E-state index < -0.39 is 0 Å². The minimum absolute atomic E-state index is 0.0442. The summed E-state index contributed by atoms with van der Waals surface area (Å²) in [6.45, 7) is 2.57. The first kappa shape index (κ1) is 16.9. The maximum absolute atomic E-state index is 12.1. The van der Waals surface area contributed by atoms with Crippen molar-refractivity contribution in [3.63, 3.8) is 0 Å². The lowest BCUT2D eigenvalue weighted by Gasteiger charge is -2.22. The van der Waals surface area contributed by atoms with Crippen molar-refractivity contribution >= 4 is 17.5 Å². The number of carbonyl (C=O) groups excluding carboxylic acids is 2. The first-order valence-corrected chi connectivity index (χ1v) is 8.77. The van der Waals surface area contributed by atoms with Gasteiger partial charge in [-0.2, -0.15) is 0 Å². The maximum atomic E-state index is 12.1. The van der Waals surface area contributed by atoms with Gasteiger partial charge in [0, 0.05) is 24.7 Å². The Labute approximate surface area is 142 Å². The fraction of sp³-hybridized carbons (Fsp3) is 0.556. The van der Waals surface area contributed by atoms with E-state index >= 15 is 0 Å². The predicted molar refractivity (Wildman–Crippen MR) is 93.3 cm³/mol. The Hall–Kier alpha value is -1.92. The van der Waals surface area contributed by atoms with Crippen LogP contribution < -0.4 is 16.4 Å². The topological polar surface area (TPSA) is 87.5 Å². The van der Waals surface area contributed by atoms with Gasteiger partial charge in [0.05, 0.1) is 6.04 Å². The van der Waals surface area contributed by atoms with Crippen LogP contribution in [0.5, 0.6) is 0 Å². The van der Waals surface area contributed by atoms with Crippen LogP contribution >= 0.6 is 0 Å². The number of hydrogen-bond donors (Lipinski definition) is 3. The van der Waals surface area contributed by atoms with Crippen molar-refractivity contribution in [2.45, 2.75) is 50.7 Å². The predicted octanol–water partition coefficient (Wildman–Crippen LogP) is 1.22. The zero-order chi connectivity index (χ0) is 16.9. The van der Waals surface area contributed by atoms with Gasteiger partial charge < -0.3 is 16.4 Å². The molecule has 6 nitrogen and oxygen atoms in total. The Morgan fingerprint density at radius 1 is 1.29 bits per heavy atom. The molecule has 1 aromatic carbocycles. The lowest BCUT2D eigenvalue weighted by atomic mass is 10.1. The summed E-state index contributed by atoms with van der Waals surface area (Å²) in [7, 11) is 0. The molecule has 2 amide bonds. The minimum Gasteiger partial charge on any atom is -0.368 e. The van der Waals surface area contributed by atoms with E-state index in [1.54, 1.807) is 0 Å². The smallest absolute Gasteiger partial charge is 0.234 e. The van der Waals surface area contributed by atoms with Crippen molar-refractivity contribution in [2.75, 3.05) is 18.4 Å². The Kier molecular flexibility index (Phi) is 5.48. The van der Waals surface area contributed by atoms with Gasteiger partial charge in [0.25, 0.3) is 0 Å². The fourth-order valence-corrected chi connectivity index (χ4v) is 3.69. The number of primary amides is 1. The molecular formula is C18H26N4O2. The Morgan fingerprint density at radius 2 is 2.17 bits per heavy atom. The molecule has 0 aromatic heterocycles. The SMILES string of the molecule is NC(=O)C1CCCN1Cc1cccc(NC(=O)CC2CCCN2)c1. The fourth-order valence-electron chi connectivity index (χ4n) is 3.69. The highest BCUT2D eigenvalue weighted by Gasteiger charge is 2.28. The molecule has 2 saturated heterocycles. The average molecular weight is 330 g/mol. The molecule has 1 aromatic rings. The molecule has 2 atom stereocenters. The van der Waals surface area contributed by atoms with Crippen LogP contribution in [0.2, 0.25) is 0 Å². The van der Waals surface area contributed by atoms with E-state index in [1.165, 1.54) is 0 Å². The number of amides is 2. The highest BCUT2D eigenvalue weighted by molar-refractivity contribution is 5.91. The van der Waals surface area contributed by atoms with Gasteiger partial charge in [-0.05, 0) is 56.5 Å². The van der Waals surface area contributed by atoms with Gasteiger partial charge in [-0.15, -0.1) is 0 Å². The summed E-state index contributed by atoms with van der Waals surface area (Å²) in [6, 6.07) is 7.97. The number of nitrogens with two attached hydrogens (primary N) is 1. The molecule has 4 N–H and O–H groups in total. The zero-order valence-electron chi connectivity index (χ0n) is 14.0. The molecule has 2 unspecified atom stereocenters. The molecule has 0 radical (unpaired) electrons. The molecule has 0 bridgehead atoms. The number of hydrogen-bond acceptors (Lipinski definition) is 4. The molecule has 0 aliphatic carbocycles. The lowest BCUT2D eigenvalue weighted by Crippen LogP contribution is -2.39. The number of likely N-dealkylation sites (tertiary alicyclic amines) is 1. The molecule has 2 aliphatic rings. The third-order valence-electron chi connectivity index (χ3n) is 4.88. The molecule has 0 spiro atoms. The van der Waals surface area contributed by atoms with E-state index in [4.69, 9.17) is 5.73 Å². The third-order valence-corrected chi connectivity index (χ3v) is 4.88. The van der Waals surface area contributed by atoms with E-state index in [0.29, 0.717) is 19.0 Å². The largest absolute Gasteiger partial charge is 0.368 e. The monoisotopic (exact) mass is 330 g/mol. The summed E-state index contributed by atoms with van der Waals surface area (Å²) in [4.78, 5) is 25.8. The van der Waals surface area contributed by atoms with Gasteiger partial charge in [0.1, 0.15) is 0 Å². The quantitative estimate of drug-likeness (QED) is 0.732. The van der Waals surface area contributed by atoms with Crippen LogP contribution in [-0.4, -0.2) is 41.9 Å². The van der Waals surface area contributed by atoms with E-state index in [2.05, 4.69) is 15.5 Å². The van der Waals surface area contributed by atoms with Gasteiger partial charge in [-0.1, -0.05) is 12.1 Å². The summed E-state index contributed by atoms with van der Waals surface area (Å²) < 4.78 is 0. The minimum atomic E-state index is -0.249. The normalized spacial score (nSPS) is 24.2. The number of rotatable bonds is 6. The highest BCUT2D eigenvalue weighted by atomic mass is 16.2. The van der Waals surface area contributed by atoms with Crippen molar-refractivity contribution in [1.29, 1.82) is 0 Å². The molecular weight excluding hydrogens is 304 g/mol. The Morgan fingerprint density at radius 3 is 2.92 bits per heavy atom. The molecule has 130 valence electrons. The van der Waals surface area contributed by atoms with E-state index in [9.17, 15) is 9.59 Å². The second-order valence-corrected chi connectivity index (χ2v) is 6.78. The van der Waals surface area contributed by atoms with Crippen LogP contribution in [0.4, 0.5) is 5.69 Å². The number of benzene rings is 1. The summed E-state index contributed by atoms with van der Waals surface area (Å²) in [5.41, 5.74) is 7.37. The maximum Gasteiger partial charge on any atom is 0.234 e. The summed E-state index contributed by atoms with van der Waals surface area (Å²) >= 11 is 0. The summed E-state index contributed by atoms with van der Waals surface area (Å²) in [5.74, 6) is -0.205. The molecule has 2 fully saturated rings. The standard InChI is InChI=1S/C18H26N4O2/c19-18(24)16-7-3-9-22(16)12-13-4-1-5-15(10-13)21-17(23)11-14-6-2-8-20-14/h1,4-5,10,14,16,20H,2-3,6-9,11-12H2,(H2,19,24)(H,21,23). The van der Waals surface area contributed by atoms with Gasteiger partial charge in [0.15, 0.2) is 0 Å². The molecule has 0 saturated carbocycles. The Bertz CT molecular complexity index is 598. The first-order chi connectivity index (χ1) is 11.6. The van der Waals surface area contributed by atoms with Gasteiger partial charge in [-0.25, -0.2) is 0 Å². The Balaban J connectivity index is 1.57. The van der Waals surface area contributed by atoms with Crippen molar-refractivity contribution in [3.05, 3.63) is 29.8 Å². The molecule has 24 heavy (non-hydrogen) atoms. The van der Waals surface area contributed by atoms with Gasteiger partial charge in [0.2, 0.25) is 11.8 Å². The molecule has 2 aliphatic heterocycles. The van der Waals surface area contributed by atoms with Crippen molar-refractivity contribution in [1.82, 2.24) is 10.2 Å². The summed E-state index contributed by atoms with van der Waals surface area (Å²) in [5, 5.41) is 6.32. The van der Waals surface area contributed by atoms with Crippen LogP contribution in [0.1, 0.15) is 37.7 Å². The van der Waals surface area contributed by atoms with Crippen LogP contribution in [0.15, 0.2) is 24.3 Å². The lowest BCUT2D eigenvalue weighted by molar-refractivity contribution is -0.122. The van der Waals surface area contributed by atoms with Crippen LogP contribution in [0.3, 0.4) is 0 Å². The second-order valence-electron chi connectivity index (χ2n) is 6.78. The number of nitrogens with one attached hydrogen (secondary N) is 2. The first-order valence-electron chi connectivity index (χ1n) is 8.77. The average Bonchev–Trinajstić information content (AvgIpc) is 3.19. The molecule has 2 heterocycles. The van der Waals surface area contributed by atoms with Crippen LogP contribution in [0.25, 0.3) is 0 Å². The van der Waals surface area contributed by atoms with Gasteiger partial charge >= 0.3 is 0 Å². The van der Waals surface area contributed by atoms with Gasteiger partial charge in [-0.3, -0.25) is 14.5 Å². The highest BCUT2D eigenvalue weighted by Crippen LogP contribution is 2.21. The van der Waals surface area contributed by atoms with E-state index in [1.807, 2.05) is 24.3 Å². The summed E-state index contributed by atoms with van der Waals surface area (Å²) in [6.07, 6.45) is 4.56. The van der Waals surface area contributed by atoms with Crippen molar-refractivity contribution in [2.24, 2.45) is 5.73 Å². The third kappa shape index (κ3) is 4.33. The van der Waals surface area contributed by atoms with Crippen molar-refractivity contribution < 1.29 is 9.59 Å². The molecule has 6 heteroatoms. The van der Waals surface area contributed by atoms with Crippen LogP contribution in [0, 0.1) is 0 Å². The number of nitrogens with zero attached hydrogens (tertiary/aromatic N) is 1. The van der Waals surface area contributed by atoms with E-state index in [0.717, 1.165) is 50.0 Å². The number of carbonyl (C=O) groups is 2. The van der Waals surface area contributed by atoms with E-state index in [-0.39, 0.29) is 17.9 Å². The molecule has 3 rings (SSSR count). The van der Waals surface area contributed by atoms with Crippen molar-refractivity contribution in [3.8, 4) is 0 Å². The number of anilines is 1. The van der Waals surface area contributed by atoms with Crippen LogP contribution in [-0.2, 0) is 16.1 Å². The zero-order valence-corrected chi connectivity index (χ0v) is 14.0.